The van der Waals surface area contributed by atoms with Gasteiger partial charge in [-0.15, -0.1) is 0 Å². The highest BCUT2D eigenvalue weighted by molar-refractivity contribution is 7.93. The number of nitrogens with one attached hydrogen (secondary N) is 2. The number of hydrogen-bond donors (Lipinski definition) is 2. The fraction of sp³-hybridized carbons (Fsp3) is 0.100. The van der Waals surface area contributed by atoms with E-state index in [4.69, 9.17) is 34.8 Å². The number of hydrogen-bond acceptors (Lipinski definition) is 3. The maximum Gasteiger partial charge on any atom is 0.266 e. The molecule has 2 aromatic rings. The minimum Gasteiger partial charge on any atom is -0.281 e. The van der Waals surface area contributed by atoms with Gasteiger partial charge in [0.2, 0.25) is 0 Å². The van der Waals surface area contributed by atoms with E-state index in [2.05, 4.69) is 14.9 Å². The molecule has 5 nitrogen and oxygen atoms in total. The Kier molecular flexibility index (Phi) is 3.96. The van der Waals surface area contributed by atoms with Crippen molar-refractivity contribution >= 4 is 50.6 Å². The van der Waals surface area contributed by atoms with Crippen LogP contribution in [0.2, 0.25) is 15.1 Å². The molecular weight excluding hydrogens is 333 g/mol. The zero-order chi connectivity index (χ0) is 14.2. The van der Waals surface area contributed by atoms with E-state index in [1.807, 2.05) is 0 Å². The number of anilines is 1. The maximum absolute atomic E-state index is 12.2. The normalized spacial score (nSPS) is 11.6. The number of halogens is 3. The Bertz CT molecular complexity index is 704. The lowest BCUT2D eigenvalue weighted by molar-refractivity contribution is 0.601. The Morgan fingerprint density at radius 2 is 1.74 bits per heavy atom. The zero-order valence-electron chi connectivity index (χ0n) is 9.54. The average molecular weight is 341 g/mol. The smallest absolute Gasteiger partial charge is 0.266 e. The van der Waals surface area contributed by atoms with E-state index in [1.54, 1.807) is 6.92 Å². The zero-order valence-corrected chi connectivity index (χ0v) is 12.6. The van der Waals surface area contributed by atoms with Gasteiger partial charge in [0.05, 0.1) is 10.0 Å². The lowest BCUT2D eigenvalue weighted by Gasteiger charge is -2.09. The molecule has 0 aliphatic heterocycles. The highest BCUT2D eigenvalue weighted by atomic mass is 35.5. The van der Waals surface area contributed by atoms with Gasteiger partial charge in [-0.2, -0.15) is 5.10 Å². The molecule has 1 aromatic carbocycles. The van der Waals surface area contributed by atoms with Crippen LogP contribution in [0.1, 0.15) is 5.69 Å². The number of aromatic amines is 1. The first-order valence-electron chi connectivity index (χ1n) is 4.99. The number of aryl methyl sites for hydroxylation is 1. The fourth-order valence-electron chi connectivity index (χ4n) is 1.44. The second kappa shape index (κ2) is 5.20. The van der Waals surface area contributed by atoms with Crippen LogP contribution in [0, 0.1) is 6.92 Å². The lowest BCUT2D eigenvalue weighted by Crippen LogP contribution is -2.14. The minimum atomic E-state index is -3.93. The molecule has 0 aliphatic rings. The number of aromatic nitrogens is 2. The summed E-state index contributed by atoms with van der Waals surface area (Å²) < 4.78 is 26.6. The fourth-order valence-corrected chi connectivity index (χ4v) is 3.98. The molecular formula is C10H8Cl3N3O2S. The molecule has 0 saturated carbocycles. The van der Waals surface area contributed by atoms with E-state index in [9.17, 15) is 8.42 Å². The van der Waals surface area contributed by atoms with Crippen molar-refractivity contribution in [1.82, 2.24) is 10.2 Å². The number of nitrogens with zero attached hydrogens (tertiary/aromatic N) is 1. The van der Waals surface area contributed by atoms with E-state index in [0.717, 1.165) is 0 Å². The maximum atomic E-state index is 12.2. The average Bonchev–Trinajstić information content (AvgIpc) is 2.60. The van der Waals surface area contributed by atoms with E-state index >= 15 is 0 Å². The molecule has 0 atom stereocenters. The van der Waals surface area contributed by atoms with Gasteiger partial charge in [-0.1, -0.05) is 34.8 Å². The first-order chi connectivity index (χ1) is 8.79. The van der Waals surface area contributed by atoms with Crippen molar-refractivity contribution in [2.75, 3.05) is 4.72 Å². The molecule has 19 heavy (non-hydrogen) atoms. The van der Waals surface area contributed by atoms with Crippen LogP contribution in [0.5, 0.6) is 0 Å². The molecule has 0 radical (unpaired) electrons. The summed E-state index contributed by atoms with van der Waals surface area (Å²) >= 11 is 17.5. The molecule has 0 amide bonds. The standard InChI is InChI=1S/C10H8Cl3N3O2S/c1-5-2-9(15-14-5)16-19(17,18)10-7(12)3-6(11)4-8(10)13/h2-4H,1H3,(H2,14,15,16). The van der Waals surface area contributed by atoms with Gasteiger partial charge in [0.15, 0.2) is 5.82 Å². The predicted molar refractivity (Wildman–Crippen MR) is 75.6 cm³/mol. The summed E-state index contributed by atoms with van der Waals surface area (Å²) in [5, 5.41) is 6.53. The van der Waals surface area contributed by atoms with Crippen LogP contribution in [0.15, 0.2) is 23.1 Å². The van der Waals surface area contributed by atoms with Gasteiger partial charge in [0.1, 0.15) is 4.90 Å². The number of rotatable bonds is 3. The van der Waals surface area contributed by atoms with Gasteiger partial charge in [0, 0.05) is 16.8 Å². The van der Waals surface area contributed by atoms with E-state index < -0.39 is 10.0 Å². The molecule has 0 saturated heterocycles. The molecule has 2 N–H and O–H groups in total. The molecule has 1 heterocycles. The highest BCUT2D eigenvalue weighted by Crippen LogP contribution is 2.33. The van der Waals surface area contributed by atoms with E-state index in [-0.39, 0.29) is 25.8 Å². The van der Waals surface area contributed by atoms with Crippen molar-refractivity contribution in [3.63, 3.8) is 0 Å². The summed E-state index contributed by atoms with van der Waals surface area (Å²) in [6.07, 6.45) is 0. The van der Waals surface area contributed by atoms with Crippen LogP contribution in [-0.4, -0.2) is 18.6 Å². The minimum absolute atomic E-state index is 0.0581. The van der Waals surface area contributed by atoms with Crippen molar-refractivity contribution in [2.24, 2.45) is 0 Å². The Morgan fingerprint density at radius 3 is 2.21 bits per heavy atom. The Balaban J connectivity index is 2.45. The van der Waals surface area contributed by atoms with Gasteiger partial charge < -0.3 is 0 Å². The topological polar surface area (TPSA) is 74.8 Å². The van der Waals surface area contributed by atoms with Gasteiger partial charge >= 0.3 is 0 Å². The third kappa shape index (κ3) is 3.14. The number of benzene rings is 1. The number of H-pyrrole nitrogens is 1. The number of sulfonamides is 1. The predicted octanol–water partition coefficient (Wildman–Crippen LogP) is 3.48. The van der Waals surface area contributed by atoms with Crippen molar-refractivity contribution in [3.8, 4) is 0 Å². The monoisotopic (exact) mass is 339 g/mol. The molecule has 1 aromatic heterocycles. The summed E-state index contributed by atoms with van der Waals surface area (Å²) in [5.74, 6) is 0.152. The Morgan fingerprint density at radius 1 is 1.16 bits per heavy atom. The van der Waals surface area contributed by atoms with Gasteiger partial charge in [-0.25, -0.2) is 8.42 Å². The van der Waals surface area contributed by atoms with Crippen molar-refractivity contribution < 1.29 is 8.42 Å². The van der Waals surface area contributed by atoms with Crippen molar-refractivity contribution in [3.05, 3.63) is 39.0 Å². The molecule has 9 heteroatoms. The molecule has 2 rings (SSSR count). The quantitative estimate of drug-likeness (QED) is 0.898. The summed E-state index contributed by atoms with van der Waals surface area (Å²) in [4.78, 5) is -0.235. The van der Waals surface area contributed by atoms with Gasteiger partial charge in [-0.05, 0) is 19.1 Å². The highest BCUT2D eigenvalue weighted by Gasteiger charge is 2.23. The summed E-state index contributed by atoms with van der Waals surface area (Å²) in [6, 6.07) is 4.15. The molecule has 0 aliphatic carbocycles. The summed E-state index contributed by atoms with van der Waals surface area (Å²) in [7, 11) is -3.93. The second-order valence-corrected chi connectivity index (χ2v) is 6.61. The van der Waals surface area contributed by atoms with Crippen LogP contribution < -0.4 is 4.72 Å². The van der Waals surface area contributed by atoms with Crippen LogP contribution >= 0.6 is 34.8 Å². The van der Waals surface area contributed by atoms with Gasteiger partial charge in [0.25, 0.3) is 10.0 Å². The third-order valence-electron chi connectivity index (χ3n) is 2.18. The van der Waals surface area contributed by atoms with Crippen LogP contribution in [0.3, 0.4) is 0 Å². The molecule has 0 unspecified atom stereocenters. The Hall–Kier alpha value is -0.950. The van der Waals surface area contributed by atoms with Crippen LogP contribution in [0.4, 0.5) is 5.82 Å². The van der Waals surface area contributed by atoms with E-state index in [0.29, 0.717) is 5.69 Å². The van der Waals surface area contributed by atoms with Crippen molar-refractivity contribution in [2.45, 2.75) is 11.8 Å². The first-order valence-corrected chi connectivity index (χ1v) is 7.60. The van der Waals surface area contributed by atoms with Crippen molar-refractivity contribution in [1.29, 1.82) is 0 Å². The first kappa shape index (κ1) is 14.5. The lowest BCUT2D eigenvalue weighted by atomic mass is 10.4. The molecule has 102 valence electrons. The molecule has 0 spiro atoms. The largest absolute Gasteiger partial charge is 0.281 e. The van der Waals surface area contributed by atoms with Crippen LogP contribution in [-0.2, 0) is 10.0 Å². The molecule has 0 bridgehead atoms. The Labute approximate surface area is 124 Å². The third-order valence-corrected chi connectivity index (χ3v) is 4.67. The van der Waals surface area contributed by atoms with Gasteiger partial charge in [-0.3, -0.25) is 9.82 Å². The SMILES string of the molecule is Cc1cc(NS(=O)(=O)c2c(Cl)cc(Cl)cc2Cl)n[nH]1. The molecule has 0 fully saturated rings. The van der Waals surface area contributed by atoms with Crippen LogP contribution in [0.25, 0.3) is 0 Å². The van der Waals surface area contributed by atoms with E-state index in [1.165, 1.54) is 18.2 Å². The summed E-state index contributed by atoms with van der Waals surface area (Å²) in [5.41, 5.74) is 0.714. The summed E-state index contributed by atoms with van der Waals surface area (Å²) in [6.45, 7) is 1.74. The second-order valence-electron chi connectivity index (χ2n) is 3.74.